The lowest BCUT2D eigenvalue weighted by Gasteiger charge is -2.09. The van der Waals surface area contributed by atoms with Gasteiger partial charge in [0.2, 0.25) is 0 Å². The highest BCUT2D eigenvalue weighted by atomic mass is 19.1. The first-order valence-electron chi connectivity index (χ1n) is 7.70. The van der Waals surface area contributed by atoms with E-state index in [0.29, 0.717) is 11.3 Å². The summed E-state index contributed by atoms with van der Waals surface area (Å²) in [5.41, 5.74) is 2.62. The SMILES string of the molecule is CCc1ccc(-c2ccc(-c3cc(F)c(C)c(F)c3)c(F)c2)nc1. The van der Waals surface area contributed by atoms with Crippen LogP contribution >= 0.6 is 0 Å². The average Bonchev–Trinajstić information content (AvgIpc) is 2.59. The number of aromatic nitrogens is 1. The van der Waals surface area contributed by atoms with Crippen molar-refractivity contribution >= 4 is 0 Å². The Balaban J connectivity index is 2.00. The summed E-state index contributed by atoms with van der Waals surface area (Å²) in [4.78, 5) is 4.32. The number of halogens is 3. The van der Waals surface area contributed by atoms with Gasteiger partial charge in [0, 0.05) is 22.9 Å². The van der Waals surface area contributed by atoms with Crippen molar-refractivity contribution in [2.24, 2.45) is 0 Å². The highest BCUT2D eigenvalue weighted by molar-refractivity contribution is 5.70. The van der Waals surface area contributed by atoms with Crippen LogP contribution in [-0.4, -0.2) is 4.98 Å². The van der Waals surface area contributed by atoms with Gasteiger partial charge in [-0.3, -0.25) is 4.98 Å². The molecule has 0 saturated carbocycles. The minimum absolute atomic E-state index is 0.0732. The fourth-order valence-corrected chi connectivity index (χ4v) is 2.51. The fourth-order valence-electron chi connectivity index (χ4n) is 2.51. The zero-order valence-electron chi connectivity index (χ0n) is 13.4. The number of rotatable bonds is 3. The molecule has 0 aliphatic rings. The first-order chi connectivity index (χ1) is 11.5. The van der Waals surface area contributed by atoms with E-state index in [4.69, 9.17) is 0 Å². The van der Waals surface area contributed by atoms with Crippen LogP contribution in [0.3, 0.4) is 0 Å². The Morgan fingerprint density at radius 2 is 1.50 bits per heavy atom. The van der Waals surface area contributed by atoms with E-state index >= 15 is 0 Å². The smallest absolute Gasteiger partial charge is 0.131 e. The maximum Gasteiger partial charge on any atom is 0.131 e. The average molecular weight is 327 g/mol. The quantitative estimate of drug-likeness (QED) is 0.601. The molecule has 2 aromatic carbocycles. The third kappa shape index (κ3) is 3.04. The number of pyridine rings is 1. The van der Waals surface area contributed by atoms with Crippen molar-refractivity contribution in [1.29, 1.82) is 0 Å². The first kappa shape index (κ1) is 16.2. The maximum absolute atomic E-state index is 14.5. The van der Waals surface area contributed by atoms with Crippen LogP contribution in [0.1, 0.15) is 18.1 Å². The summed E-state index contributed by atoms with van der Waals surface area (Å²) < 4.78 is 41.9. The van der Waals surface area contributed by atoms with Gasteiger partial charge in [0.05, 0.1) is 5.69 Å². The molecule has 0 saturated heterocycles. The van der Waals surface area contributed by atoms with Crippen molar-refractivity contribution in [3.63, 3.8) is 0 Å². The molecule has 0 atom stereocenters. The van der Waals surface area contributed by atoms with Crippen LogP contribution in [0.2, 0.25) is 0 Å². The third-order valence-corrected chi connectivity index (χ3v) is 4.09. The molecular formula is C20H16F3N. The second-order valence-electron chi connectivity index (χ2n) is 5.66. The molecule has 0 N–H and O–H groups in total. The lowest BCUT2D eigenvalue weighted by molar-refractivity contribution is 0.568. The standard InChI is InChI=1S/C20H16F3N/c1-3-13-4-7-20(24-11-13)14-5-6-16(19(23)8-14)15-9-17(21)12(2)18(22)10-15/h4-11H,3H2,1-2H3. The largest absolute Gasteiger partial charge is 0.256 e. The van der Waals surface area contributed by atoms with Crippen LogP contribution in [0.25, 0.3) is 22.4 Å². The van der Waals surface area contributed by atoms with Gasteiger partial charge in [-0.05, 0) is 48.7 Å². The van der Waals surface area contributed by atoms with Gasteiger partial charge in [-0.25, -0.2) is 13.2 Å². The molecule has 1 heterocycles. The Hall–Kier alpha value is -2.62. The predicted octanol–water partition coefficient (Wildman–Crippen LogP) is 5.70. The van der Waals surface area contributed by atoms with Gasteiger partial charge in [0.25, 0.3) is 0 Å². The van der Waals surface area contributed by atoms with Gasteiger partial charge in [-0.1, -0.05) is 25.1 Å². The predicted molar refractivity (Wildman–Crippen MR) is 89.1 cm³/mol. The van der Waals surface area contributed by atoms with E-state index in [0.717, 1.165) is 24.1 Å². The van der Waals surface area contributed by atoms with Crippen LogP contribution in [-0.2, 0) is 6.42 Å². The molecule has 1 aromatic heterocycles. The van der Waals surface area contributed by atoms with Crippen molar-refractivity contribution in [3.8, 4) is 22.4 Å². The highest BCUT2D eigenvalue weighted by Crippen LogP contribution is 2.29. The summed E-state index contributed by atoms with van der Waals surface area (Å²) in [6.45, 7) is 3.38. The molecule has 0 aliphatic heterocycles. The van der Waals surface area contributed by atoms with E-state index in [1.807, 2.05) is 19.1 Å². The zero-order chi connectivity index (χ0) is 17.3. The molecule has 4 heteroatoms. The molecule has 3 rings (SSSR count). The molecule has 122 valence electrons. The summed E-state index contributed by atoms with van der Waals surface area (Å²) in [6.07, 6.45) is 2.64. The normalized spacial score (nSPS) is 10.9. The summed E-state index contributed by atoms with van der Waals surface area (Å²) in [5.74, 6) is -1.92. The van der Waals surface area contributed by atoms with Crippen LogP contribution in [0.5, 0.6) is 0 Å². The zero-order valence-corrected chi connectivity index (χ0v) is 13.4. The number of benzene rings is 2. The van der Waals surface area contributed by atoms with E-state index in [2.05, 4.69) is 4.98 Å². The van der Waals surface area contributed by atoms with Gasteiger partial charge in [-0.15, -0.1) is 0 Å². The van der Waals surface area contributed by atoms with Crippen molar-refractivity contribution < 1.29 is 13.2 Å². The summed E-state index contributed by atoms with van der Waals surface area (Å²) in [7, 11) is 0. The van der Waals surface area contributed by atoms with Crippen molar-refractivity contribution in [3.05, 3.63) is 77.2 Å². The van der Waals surface area contributed by atoms with E-state index in [1.165, 1.54) is 19.1 Å². The topological polar surface area (TPSA) is 12.9 Å². The van der Waals surface area contributed by atoms with Crippen LogP contribution in [0.15, 0.2) is 48.7 Å². The fraction of sp³-hybridized carbons (Fsp3) is 0.150. The molecular weight excluding hydrogens is 311 g/mol. The monoisotopic (exact) mass is 327 g/mol. The van der Waals surface area contributed by atoms with E-state index in [1.54, 1.807) is 12.3 Å². The maximum atomic E-state index is 14.5. The lowest BCUT2D eigenvalue weighted by Crippen LogP contribution is -1.93. The minimum Gasteiger partial charge on any atom is -0.256 e. The van der Waals surface area contributed by atoms with Crippen LogP contribution < -0.4 is 0 Å². The van der Waals surface area contributed by atoms with Crippen LogP contribution in [0, 0.1) is 24.4 Å². The lowest BCUT2D eigenvalue weighted by atomic mass is 10.00. The molecule has 0 spiro atoms. The molecule has 1 nitrogen and oxygen atoms in total. The number of aryl methyl sites for hydroxylation is 1. The molecule has 0 bridgehead atoms. The summed E-state index contributed by atoms with van der Waals surface area (Å²) in [5, 5.41) is 0. The van der Waals surface area contributed by atoms with Gasteiger partial charge in [-0.2, -0.15) is 0 Å². The molecule has 24 heavy (non-hydrogen) atoms. The minimum atomic E-state index is -0.690. The third-order valence-electron chi connectivity index (χ3n) is 4.09. The summed E-state index contributed by atoms with van der Waals surface area (Å²) >= 11 is 0. The van der Waals surface area contributed by atoms with E-state index < -0.39 is 17.5 Å². The first-order valence-corrected chi connectivity index (χ1v) is 7.70. The Kier molecular flexibility index (Phi) is 4.38. The van der Waals surface area contributed by atoms with Gasteiger partial charge < -0.3 is 0 Å². The van der Waals surface area contributed by atoms with E-state index in [-0.39, 0.29) is 16.7 Å². The molecule has 0 aliphatic carbocycles. The highest BCUT2D eigenvalue weighted by Gasteiger charge is 2.12. The summed E-state index contributed by atoms with van der Waals surface area (Å²) in [6, 6.07) is 10.6. The number of hydrogen-bond acceptors (Lipinski definition) is 1. The van der Waals surface area contributed by atoms with Crippen molar-refractivity contribution in [2.45, 2.75) is 20.3 Å². The van der Waals surface area contributed by atoms with E-state index in [9.17, 15) is 13.2 Å². The molecule has 3 aromatic rings. The van der Waals surface area contributed by atoms with Crippen molar-refractivity contribution in [1.82, 2.24) is 4.98 Å². The molecule has 0 fully saturated rings. The van der Waals surface area contributed by atoms with Gasteiger partial charge >= 0.3 is 0 Å². The van der Waals surface area contributed by atoms with Crippen LogP contribution in [0.4, 0.5) is 13.2 Å². The Labute approximate surface area is 138 Å². The number of hydrogen-bond donors (Lipinski definition) is 0. The molecule has 0 unspecified atom stereocenters. The van der Waals surface area contributed by atoms with Gasteiger partial charge in [0.15, 0.2) is 0 Å². The Morgan fingerprint density at radius 3 is 2.04 bits per heavy atom. The second-order valence-corrected chi connectivity index (χ2v) is 5.66. The van der Waals surface area contributed by atoms with Crippen molar-refractivity contribution in [2.75, 3.05) is 0 Å². The Bertz CT molecular complexity index is 863. The number of nitrogens with zero attached hydrogens (tertiary/aromatic N) is 1. The Morgan fingerprint density at radius 1 is 0.833 bits per heavy atom. The second kappa shape index (κ2) is 6.48. The van der Waals surface area contributed by atoms with Gasteiger partial charge in [0.1, 0.15) is 17.5 Å². The molecule has 0 radical (unpaired) electrons. The molecule has 0 amide bonds.